The smallest absolute Gasteiger partial charge is 0.325 e. The van der Waals surface area contributed by atoms with Crippen molar-refractivity contribution in [3.8, 4) is 10.7 Å². The third-order valence-corrected chi connectivity index (χ3v) is 5.81. The van der Waals surface area contributed by atoms with Crippen molar-refractivity contribution < 1.29 is 31.1 Å². The summed E-state index contributed by atoms with van der Waals surface area (Å²) < 4.78 is 79.4. The number of rotatable bonds is 6. The fourth-order valence-corrected chi connectivity index (χ4v) is 4.14. The molecule has 1 N–H and O–H groups in total. The molecular formula is C18H14F6N4OS2. The molecule has 3 rings (SSSR count). The number of amides is 1. The Morgan fingerprint density at radius 1 is 1.10 bits per heavy atom. The van der Waals surface area contributed by atoms with Crippen molar-refractivity contribution in [3.63, 3.8) is 0 Å². The van der Waals surface area contributed by atoms with E-state index in [4.69, 9.17) is 0 Å². The zero-order valence-electron chi connectivity index (χ0n) is 15.7. The SMILES string of the molecule is CCn1c(SCC(=O)Nc2cc(C(F)(F)F)cc(C(F)(F)F)c2)nnc1-c1cccs1. The molecule has 0 aliphatic rings. The highest BCUT2D eigenvalue weighted by Crippen LogP contribution is 2.37. The second-order valence-corrected chi connectivity index (χ2v) is 8.05. The molecular weight excluding hydrogens is 466 g/mol. The number of alkyl halides is 6. The van der Waals surface area contributed by atoms with Crippen molar-refractivity contribution in [2.75, 3.05) is 11.1 Å². The van der Waals surface area contributed by atoms with Crippen molar-refractivity contribution in [3.05, 3.63) is 46.8 Å². The summed E-state index contributed by atoms with van der Waals surface area (Å²) in [5.74, 6) is -0.450. The highest BCUT2D eigenvalue weighted by molar-refractivity contribution is 7.99. The van der Waals surface area contributed by atoms with Gasteiger partial charge in [0.2, 0.25) is 5.91 Å². The molecule has 5 nitrogen and oxygen atoms in total. The number of anilines is 1. The fraction of sp³-hybridized carbons (Fsp3) is 0.278. The van der Waals surface area contributed by atoms with Crippen LogP contribution in [0.15, 0.2) is 40.9 Å². The number of nitrogens with one attached hydrogen (secondary N) is 1. The number of carbonyl (C=O) groups excluding carboxylic acids is 1. The van der Waals surface area contributed by atoms with E-state index in [0.717, 1.165) is 16.6 Å². The van der Waals surface area contributed by atoms with Crippen LogP contribution >= 0.6 is 23.1 Å². The largest absolute Gasteiger partial charge is 0.416 e. The van der Waals surface area contributed by atoms with Crippen LogP contribution in [0.3, 0.4) is 0 Å². The molecule has 0 bridgehead atoms. The van der Waals surface area contributed by atoms with Gasteiger partial charge in [-0.05, 0) is 36.6 Å². The Bertz CT molecular complexity index is 1030. The molecule has 31 heavy (non-hydrogen) atoms. The molecule has 166 valence electrons. The van der Waals surface area contributed by atoms with Crippen LogP contribution in [0.4, 0.5) is 32.0 Å². The topological polar surface area (TPSA) is 59.8 Å². The molecule has 0 fully saturated rings. The second-order valence-electron chi connectivity index (χ2n) is 6.16. The van der Waals surface area contributed by atoms with Gasteiger partial charge in [-0.2, -0.15) is 26.3 Å². The Hall–Kier alpha value is -2.54. The molecule has 0 unspecified atom stereocenters. The Balaban J connectivity index is 1.74. The van der Waals surface area contributed by atoms with Gasteiger partial charge in [-0.3, -0.25) is 4.79 Å². The van der Waals surface area contributed by atoms with Crippen molar-refractivity contribution in [1.82, 2.24) is 14.8 Å². The summed E-state index contributed by atoms with van der Waals surface area (Å²) in [5.41, 5.74) is -3.60. The number of halogens is 6. The van der Waals surface area contributed by atoms with Gasteiger partial charge in [0.05, 0.1) is 21.8 Å². The Morgan fingerprint density at radius 2 is 1.74 bits per heavy atom. The van der Waals surface area contributed by atoms with Crippen molar-refractivity contribution in [2.45, 2.75) is 31.0 Å². The van der Waals surface area contributed by atoms with Crippen LogP contribution in [0.5, 0.6) is 0 Å². The molecule has 1 aromatic carbocycles. The molecule has 13 heteroatoms. The monoisotopic (exact) mass is 480 g/mol. The summed E-state index contributed by atoms with van der Waals surface area (Å²) in [6, 6.07) is 4.62. The van der Waals surface area contributed by atoms with Crippen molar-refractivity contribution in [1.29, 1.82) is 0 Å². The lowest BCUT2D eigenvalue weighted by atomic mass is 10.1. The van der Waals surface area contributed by atoms with Crippen molar-refractivity contribution in [2.24, 2.45) is 0 Å². The molecule has 3 aromatic rings. The first-order valence-corrected chi connectivity index (χ1v) is 10.5. The normalized spacial score (nSPS) is 12.2. The van der Waals surface area contributed by atoms with Crippen LogP contribution in [-0.4, -0.2) is 26.4 Å². The van der Waals surface area contributed by atoms with Gasteiger partial charge in [0.15, 0.2) is 11.0 Å². The summed E-state index contributed by atoms with van der Waals surface area (Å²) in [6.45, 7) is 2.36. The Labute approximate surface area is 180 Å². The maximum absolute atomic E-state index is 12.9. The van der Waals surface area contributed by atoms with Gasteiger partial charge in [-0.25, -0.2) is 0 Å². The van der Waals surface area contributed by atoms with E-state index >= 15 is 0 Å². The lowest BCUT2D eigenvalue weighted by molar-refractivity contribution is -0.143. The van der Waals surface area contributed by atoms with Gasteiger partial charge in [0.25, 0.3) is 0 Å². The quantitative estimate of drug-likeness (QED) is 0.358. The van der Waals surface area contributed by atoms with E-state index in [1.807, 2.05) is 24.4 Å². The van der Waals surface area contributed by atoms with Crippen molar-refractivity contribution >= 4 is 34.7 Å². The van der Waals surface area contributed by atoms with E-state index in [0.29, 0.717) is 29.7 Å². The molecule has 0 saturated carbocycles. The van der Waals surface area contributed by atoms with Crippen LogP contribution < -0.4 is 5.32 Å². The van der Waals surface area contributed by atoms with E-state index in [-0.39, 0.29) is 11.8 Å². The summed E-state index contributed by atoms with van der Waals surface area (Å²) in [6.07, 6.45) is -9.99. The number of hydrogen-bond donors (Lipinski definition) is 1. The minimum atomic E-state index is -4.99. The number of benzene rings is 1. The van der Waals surface area contributed by atoms with E-state index in [1.165, 1.54) is 11.3 Å². The zero-order valence-corrected chi connectivity index (χ0v) is 17.3. The molecule has 0 aliphatic heterocycles. The molecule has 0 spiro atoms. The number of thiophene rings is 1. The predicted octanol–water partition coefficient (Wildman–Crippen LogP) is 5.79. The maximum atomic E-state index is 12.9. The molecule has 2 aromatic heterocycles. The molecule has 0 aliphatic carbocycles. The molecule has 1 amide bonds. The number of aromatic nitrogens is 3. The van der Waals surface area contributed by atoms with Crippen LogP contribution in [-0.2, 0) is 23.7 Å². The number of hydrogen-bond acceptors (Lipinski definition) is 5. The minimum Gasteiger partial charge on any atom is -0.325 e. The fourth-order valence-electron chi connectivity index (χ4n) is 2.62. The summed E-state index contributed by atoms with van der Waals surface area (Å²) >= 11 is 2.43. The van der Waals surface area contributed by atoms with Gasteiger partial charge in [-0.15, -0.1) is 21.5 Å². The number of carbonyl (C=O) groups is 1. The van der Waals surface area contributed by atoms with Gasteiger partial charge in [0.1, 0.15) is 0 Å². The maximum Gasteiger partial charge on any atom is 0.416 e. The molecule has 0 saturated heterocycles. The summed E-state index contributed by atoms with van der Waals surface area (Å²) in [7, 11) is 0. The molecule has 0 radical (unpaired) electrons. The van der Waals surface area contributed by atoms with E-state index < -0.39 is 35.1 Å². The summed E-state index contributed by atoms with van der Waals surface area (Å²) in [4.78, 5) is 13.1. The summed E-state index contributed by atoms with van der Waals surface area (Å²) in [5, 5.41) is 12.5. The first-order valence-electron chi connectivity index (χ1n) is 8.68. The zero-order chi connectivity index (χ0) is 22.8. The van der Waals surface area contributed by atoms with Crippen LogP contribution in [0, 0.1) is 0 Å². The first kappa shape index (κ1) is 23.1. The van der Waals surface area contributed by atoms with Crippen LogP contribution in [0.25, 0.3) is 10.7 Å². The first-order chi connectivity index (χ1) is 14.5. The Kier molecular flexibility index (Phi) is 6.65. The number of nitrogens with zero attached hydrogens (tertiary/aromatic N) is 3. The third-order valence-electron chi connectivity index (χ3n) is 3.98. The van der Waals surface area contributed by atoms with E-state index in [1.54, 1.807) is 4.57 Å². The van der Waals surface area contributed by atoms with Gasteiger partial charge < -0.3 is 9.88 Å². The van der Waals surface area contributed by atoms with E-state index in [9.17, 15) is 31.1 Å². The highest BCUT2D eigenvalue weighted by atomic mass is 32.2. The number of thioether (sulfide) groups is 1. The highest BCUT2D eigenvalue weighted by Gasteiger charge is 2.37. The average molecular weight is 480 g/mol. The second kappa shape index (κ2) is 8.91. The lowest BCUT2D eigenvalue weighted by Crippen LogP contribution is -2.17. The Morgan fingerprint density at radius 3 is 2.26 bits per heavy atom. The van der Waals surface area contributed by atoms with Crippen LogP contribution in [0.1, 0.15) is 18.1 Å². The van der Waals surface area contributed by atoms with Gasteiger partial charge >= 0.3 is 12.4 Å². The predicted molar refractivity (Wildman–Crippen MR) is 105 cm³/mol. The van der Waals surface area contributed by atoms with Crippen LogP contribution in [0.2, 0.25) is 0 Å². The van der Waals surface area contributed by atoms with Gasteiger partial charge in [0, 0.05) is 12.2 Å². The van der Waals surface area contributed by atoms with Gasteiger partial charge in [-0.1, -0.05) is 17.8 Å². The molecule has 2 heterocycles. The van der Waals surface area contributed by atoms with E-state index in [2.05, 4.69) is 15.5 Å². The molecule has 0 atom stereocenters. The average Bonchev–Trinajstić information content (AvgIpc) is 3.33. The lowest BCUT2D eigenvalue weighted by Gasteiger charge is -2.14. The minimum absolute atomic E-state index is 0.000232. The standard InChI is InChI=1S/C18H14F6N4OS2/c1-2-28-15(13-4-3-5-30-13)26-27-16(28)31-9-14(29)25-12-7-10(17(19,20)21)6-11(8-12)18(22,23)24/h3-8H,2,9H2,1H3,(H,25,29). The third kappa shape index (κ3) is 5.58.